The van der Waals surface area contributed by atoms with Gasteiger partial charge < -0.3 is 15.5 Å². The molecule has 6 nitrogen and oxygen atoms in total. The molecule has 0 aliphatic carbocycles. The lowest BCUT2D eigenvalue weighted by Gasteiger charge is -2.31. The van der Waals surface area contributed by atoms with Crippen molar-refractivity contribution in [1.82, 2.24) is 15.2 Å². The molecule has 1 aliphatic rings. The zero-order chi connectivity index (χ0) is 22.5. The number of thiazole rings is 1. The number of halogens is 2. The molecule has 9 heteroatoms. The minimum absolute atomic E-state index is 0.0658. The van der Waals surface area contributed by atoms with E-state index in [9.17, 15) is 18.4 Å². The second-order valence-electron chi connectivity index (χ2n) is 7.54. The maximum Gasteiger partial charge on any atom is 0.321 e. The standard InChI is InChI=1S/C23H22F2N4O2S/c24-17-6-7-20(19(25)12-17)28-23(31)29-10-8-15(9-11-29)21(30)26-13-18-14-32-22(27-18)16-4-2-1-3-5-16/h1-7,12,14-15H,8-11,13H2,(H,26,30)(H,28,31). The number of carbonyl (C=O) groups excluding carboxylic acids is 2. The summed E-state index contributed by atoms with van der Waals surface area (Å²) in [4.78, 5) is 31.0. The van der Waals surface area contributed by atoms with Gasteiger partial charge in [-0.05, 0) is 25.0 Å². The third-order valence-electron chi connectivity index (χ3n) is 5.34. The van der Waals surface area contributed by atoms with E-state index in [1.807, 2.05) is 35.7 Å². The number of piperidine rings is 1. The van der Waals surface area contributed by atoms with Gasteiger partial charge in [-0.25, -0.2) is 18.6 Å². The quantitative estimate of drug-likeness (QED) is 0.587. The molecule has 2 heterocycles. The molecular weight excluding hydrogens is 434 g/mol. The molecule has 1 aliphatic heterocycles. The van der Waals surface area contributed by atoms with Crippen molar-refractivity contribution in [2.24, 2.45) is 5.92 Å². The molecule has 1 fully saturated rings. The Kier molecular flexibility index (Phi) is 6.75. The Labute approximate surface area is 188 Å². The molecular formula is C23H22F2N4O2S. The number of hydrogen-bond acceptors (Lipinski definition) is 4. The van der Waals surface area contributed by atoms with Crippen LogP contribution in [0.25, 0.3) is 10.6 Å². The highest BCUT2D eigenvalue weighted by Gasteiger charge is 2.27. The topological polar surface area (TPSA) is 74.3 Å². The maximum absolute atomic E-state index is 13.7. The third kappa shape index (κ3) is 5.28. The maximum atomic E-state index is 13.7. The lowest BCUT2D eigenvalue weighted by molar-refractivity contribution is -0.126. The third-order valence-corrected chi connectivity index (χ3v) is 6.28. The van der Waals surface area contributed by atoms with E-state index in [2.05, 4.69) is 15.6 Å². The molecule has 0 saturated carbocycles. The second-order valence-corrected chi connectivity index (χ2v) is 8.40. The van der Waals surface area contributed by atoms with Crippen LogP contribution in [0, 0.1) is 17.6 Å². The molecule has 32 heavy (non-hydrogen) atoms. The number of rotatable bonds is 5. The largest absolute Gasteiger partial charge is 0.350 e. The molecule has 0 radical (unpaired) electrons. The Morgan fingerprint density at radius 1 is 1.09 bits per heavy atom. The van der Waals surface area contributed by atoms with E-state index in [4.69, 9.17) is 0 Å². The van der Waals surface area contributed by atoms with Crippen molar-refractivity contribution in [1.29, 1.82) is 0 Å². The van der Waals surface area contributed by atoms with Crippen LogP contribution in [0.15, 0.2) is 53.9 Å². The van der Waals surface area contributed by atoms with Crippen LogP contribution in [-0.2, 0) is 11.3 Å². The number of hydrogen-bond donors (Lipinski definition) is 2. The van der Waals surface area contributed by atoms with Crippen LogP contribution in [0.3, 0.4) is 0 Å². The number of nitrogens with zero attached hydrogens (tertiary/aromatic N) is 2. The number of urea groups is 1. The summed E-state index contributed by atoms with van der Waals surface area (Å²) in [5, 5.41) is 8.23. The Balaban J connectivity index is 1.24. The highest BCUT2D eigenvalue weighted by Crippen LogP contribution is 2.24. The molecule has 0 spiro atoms. The van der Waals surface area contributed by atoms with E-state index in [1.54, 1.807) is 0 Å². The number of amides is 3. The summed E-state index contributed by atoms with van der Waals surface area (Å²) < 4.78 is 26.7. The summed E-state index contributed by atoms with van der Waals surface area (Å²) in [5.41, 5.74) is 1.77. The van der Waals surface area contributed by atoms with Crippen molar-refractivity contribution in [3.8, 4) is 10.6 Å². The first-order valence-corrected chi connectivity index (χ1v) is 11.2. The smallest absolute Gasteiger partial charge is 0.321 e. The van der Waals surface area contributed by atoms with E-state index in [1.165, 1.54) is 22.3 Å². The van der Waals surface area contributed by atoms with Crippen LogP contribution >= 0.6 is 11.3 Å². The first-order chi connectivity index (χ1) is 15.5. The fourth-order valence-corrected chi connectivity index (χ4v) is 4.38. The van der Waals surface area contributed by atoms with E-state index >= 15 is 0 Å². The van der Waals surface area contributed by atoms with Gasteiger partial charge in [0.05, 0.1) is 17.9 Å². The van der Waals surface area contributed by atoms with Gasteiger partial charge in [0.1, 0.15) is 16.6 Å². The molecule has 2 N–H and O–H groups in total. The van der Waals surface area contributed by atoms with Crippen molar-refractivity contribution >= 4 is 29.0 Å². The van der Waals surface area contributed by atoms with Crippen molar-refractivity contribution < 1.29 is 18.4 Å². The molecule has 1 saturated heterocycles. The van der Waals surface area contributed by atoms with Crippen molar-refractivity contribution in [2.75, 3.05) is 18.4 Å². The molecule has 3 amide bonds. The summed E-state index contributed by atoms with van der Waals surface area (Å²) in [6.45, 7) is 1.11. The molecule has 2 aromatic carbocycles. The number of anilines is 1. The van der Waals surface area contributed by atoms with Gasteiger partial charge in [-0.2, -0.15) is 0 Å². The summed E-state index contributed by atoms with van der Waals surface area (Å²) in [5.74, 6) is -1.80. The van der Waals surface area contributed by atoms with Gasteiger partial charge >= 0.3 is 6.03 Å². The van der Waals surface area contributed by atoms with Crippen molar-refractivity contribution in [3.05, 3.63) is 71.2 Å². The number of benzene rings is 2. The van der Waals surface area contributed by atoms with Gasteiger partial charge in [0.2, 0.25) is 5.91 Å². The van der Waals surface area contributed by atoms with Gasteiger partial charge in [0.25, 0.3) is 0 Å². The van der Waals surface area contributed by atoms with Gasteiger partial charge in [-0.15, -0.1) is 11.3 Å². The summed E-state index contributed by atoms with van der Waals surface area (Å²) in [6, 6.07) is 12.4. The van der Waals surface area contributed by atoms with Crippen LogP contribution < -0.4 is 10.6 Å². The monoisotopic (exact) mass is 456 g/mol. The van der Waals surface area contributed by atoms with Crippen LogP contribution in [-0.4, -0.2) is 34.9 Å². The fraction of sp³-hybridized carbons (Fsp3) is 0.261. The first kappa shape index (κ1) is 21.9. The van der Waals surface area contributed by atoms with Gasteiger partial charge in [-0.1, -0.05) is 30.3 Å². The highest BCUT2D eigenvalue weighted by molar-refractivity contribution is 7.13. The minimum Gasteiger partial charge on any atom is -0.350 e. The van der Waals surface area contributed by atoms with Crippen LogP contribution in [0.1, 0.15) is 18.5 Å². The predicted molar refractivity (Wildman–Crippen MR) is 119 cm³/mol. The average molecular weight is 457 g/mol. The highest BCUT2D eigenvalue weighted by atomic mass is 32.1. The molecule has 166 valence electrons. The fourth-order valence-electron chi connectivity index (χ4n) is 3.55. The van der Waals surface area contributed by atoms with Gasteiger partial charge in [0.15, 0.2) is 0 Å². The number of likely N-dealkylation sites (tertiary alicyclic amines) is 1. The minimum atomic E-state index is -0.829. The summed E-state index contributed by atoms with van der Waals surface area (Å²) >= 11 is 1.53. The SMILES string of the molecule is O=C(NCc1csc(-c2ccccc2)n1)C1CCN(C(=O)Nc2ccc(F)cc2F)CC1. The number of carbonyl (C=O) groups is 2. The number of aromatic nitrogens is 1. The van der Waals surface area contributed by atoms with Crippen LogP contribution in [0.4, 0.5) is 19.3 Å². The van der Waals surface area contributed by atoms with Crippen molar-refractivity contribution in [2.45, 2.75) is 19.4 Å². The van der Waals surface area contributed by atoms with E-state index in [0.717, 1.165) is 28.4 Å². The molecule has 0 bridgehead atoms. The summed E-state index contributed by atoms with van der Waals surface area (Å²) in [6.07, 6.45) is 1.02. The van der Waals surface area contributed by atoms with Gasteiger partial charge in [-0.3, -0.25) is 4.79 Å². The van der Waals surface area contributed by atoms with Crippen LogP contribution in [0.2, 0.25) is 0 Å². The van der Waals surface area contributed by atoms with E-state index < -0.39 is 17.7 Å². The predicted octanol–water partition coefficient (Wildman–Crippen LogP) is 4.65. The zero-order valence-corrected chi connectivity index (χ0v) is 18.0. The first-order valence-electron chi connectivity index (χ1n) is 10.3. The van der Waals surface area contributed by atoms with Crippen molar-refractivity contribution in [3.63, 3.8) is 0 Å². The lowest BCUT2D eigenvalue weighted by atomic mass is 9.96. The van der Waals surface area contributed by atoms with E-state index in [-0.39, 0.29) is 17.5 Å². The molecule has 0 unspecified atom stereocenters. The zero-order valence-electron chi connectivity index (χ0n) is 17.2. The second kappa shape index (κ2) is 9.86. The van der Waals surface area contributed by atoms with Crippen LogP contribution in [0.5, 0.6) is 0 Å². The number of nitrogens with one attached hydrogen (secondary N) is 2. The van der Waals surface area contributed by atoms with E-state index in [0.29, 0.717) is 32.5 Å². The average Bonchev–Trinajstić information content (AvgIpc) is 3.29. The van der Waals surface area contributed by atoms with Gasteiger partial charge in [0, 0.05) is 36.0 Å². The Morgan fingerprint density at radius 2 is 1.84 bits per heavy atom. The Morgan fingerprint density at radius 3 is 2.56 bits per heavy atom. The normalized spacial score (nSPS) is 14.2. The summed E-state index contributed by atoms with van der Waals surface area (Å²) in [7, 11) is 0. The molecule has 1 aromatic heterocycles. The molecule has 0 atom stereocenters. The lowest BCUT2D eigenvalue weighted by Crippen LogP contribution is -2.44. The Bertz CT molecular complexity index is 1100. The molecule has 4 rings (SSSR count). The Hall–Kier alpha value is -3.33. The molecule has 3 aromatic rings.